The van der Waals surface area contributed by atoms with Crippen molar-refractivity contribution in [3.8, 4) is 0 Å². The maximum atomic E-state index is 5.73. The molecule has 0 saturated carbocycles. The summed E-state index contributed by atoms with van der Waals surface area (Å²) in [5, 5.41) is 0. The SMILES string of the molecule is CC.CC1CN(C)CC1N. The first kappa shape index (κ1) is 9.92. The quantitative estimate of drug-likeness (QED) is 0.548. The first-order valence-corrected chi connectivity index (χ1v) is 4.14. The van der Waals surface area contributed by atoms with Gasteiger partial charge in [0.05, 0.1) is 0 Å². The molecule has 0 bridgehead atoms. The van der Waals surface area contributed by atoms with Crippen LogP contribution in [0, 0.1) is 5.92 Å². The highest BCUT2D eigenvalue weighted by Crippen LogP contribution is 2.10. The van der Waals surface area contributed by atoms with Gasteiger partial charge in [0, 0.05) is 19.1 Å². The number of nitrogens with two attached hydrogens (primary N) is 1. The van der Waals surface area contributed by atoms with Crippen molar-refractivity contribution in [3.05, 3.63) is 0 Å². The minimum atomic E-state index is 0.417. The molecule has 2 unspecified atom stereocenters. The van der Waals surface area contributed by atoms with Crippen LogP contribution >= 0.6 is 0 Å². The lowest BCUT2D eigenvalue weighted by molar-refractivity contribution is 0.401. The minimum Gasteiger partial charge on any atom is -0.326 e. The molecule has 2 heteroatoms. The van der Waals surface area contributed by atoms with Crippen LogP contribution in [0.5, 0.6) is 0 Å². The van der Waals surface area contributed by atoms with E-state index in [-0.39, 0.29) is 0 Å². The Morgan fingerprint density at radius 3 is 1.90 bits per heavy atom. The van der Waals surface area contributed by atoms with Crippen LogP contribution in [0.15, 0.2) is 0 Å². The Kier molecular flexibility index (Phi) is 4.65. The Bertz CT molecular complexity index is 73.3. The van der Waals surface area contributed by atoms with E-state index in [0.717, 1.165) is 6.54 Å². The Balaban J connectivity index is 0.000000371. The molecule has 1 heterocycles. The van der Waals surface area contributed by atoms with Gasteiger partial charge in [0.1, 0.15) is 0 Å². The number of hydrogen-bond donors (Lipinski definition) is 1. The second-order valence-electron chi connectivity index (χ2n) is 2.86. The molecule has 1 saturated heterocycles. The number of hydrogen-bond acceptors (Lipinski definition) is 2. The highest BCUT2D eigenvalue weighted by atomic mass is 15.1. The molecule has 1 aliphatic heterocycles. The predicted octanol–water partition coefficient (Wildman–Crippen LogP) is 0.921. The monoisotopic (exact) mass is 144 g/mol. The van der Waals surface area contributed by atoms with E-state index in [1.807, 2.05) is 13.8 Å². The summed E-state index contributed by atoms with van der Waals surface area (Å²) in [4.78, 5) is 2.27. The van der Waals surface area contributed by atoms with E-state index >= 15 is 0 Å². The highest BCUT2D eigenvalue weighted by Gasteiger charge is 2.22. The largest absolute Gasteiger partial charge is 0.326 e. The number of nitrogens with zero attached hydrogens (tertiary/aromatic N) is 1. The molecule has 2 N–H and O–H groups in total. The van der Waals surface area contributed by atoms with Crippen LogP contribution in [0.2, 0.25) is 0 Å². The van der Waals surface area contributed by atoms with E-state index in [0.29, 0.717) is 12.0 Å². The van der Waals surface area contributed by atoms with Crippen molar-refractivity contribution in [2.24, 2.45) is 11.7 Å². The van der Waals surface area contributed by atoms with Crippen LogP contribution in [0.1, 0.15) is 20.8 Å². The number of rotatable bonds is 0. The molecule has 10 heavy (non-hydrogen) atoms. The third-order valence-electron chi connectivity index (χ3n) is 1.85. The van der Waals surface area contributed by atoms with Gasteiger partial charge >= 0.3 is 0 Å². The van der Waals surface area contributed by atoms with Crippen molar-refractivity contribution in [2.45, 2.75) is 26.8 Å². The first-order chi connectivity index (χ1) is 4.70. The third-order valence-corrected chi connectivity index (χ3v) is 1.85. The van der Waals surface area contributed by atoms with E-state index in [1.165, 1.54) is 6.54 Å². The first-order valence-electron chi connectivity index (χ1n) is 4.14. The summed E-state index contributed by atoms with van der Waals surface area (Å²) >= 11 is 0. The number of likely N-dealkylation sites (tertiary alicyclic amines) is 1. The lowest BCUT2D eigenvalue weighted by Crippen LogP contribution is -2.27. The Labute approximate surface area is 64.4 Å². The molecule has 0 amide bonds. The smallest absolute Gasteiger partial charge is 0.0206 e. The predicted molar refractivity (Wildman–Crippen MR) is 46.0 cm³/mol. The van der Waals surface area contributed by atoms with E-state index in [4.69, 9.17) is 5.73 Å². The molecule has 1 aliphatic rings. The van der Waals surface area contributed by atoms with Crippen LogP contribution in [-0.2, 0) is 0 Å². The lowest BCUT2D eigenvalue weighted by Gasteiger charge is -2.03. The van der Waals surface area contributed by atoms with Gasteiger partial charge in [-0.1, -0.05) is 20.8 Å². The fraction of sp³-hybridized carbons (Fsp3) is 1.00. The molecule has 62 valence electrons. The number of likely N-dealkylation sites (N-methyl/N-ethyl adjacent to an activating group) is 1. The average Bonchev–Trinajstić information content (AvgIpc) is 2.16. The summed E-state index contributed by atoms with van der Waals surface area (Å²) in [6, 6.07) is 0.417. The van der Waals surface area contributed by atoms with Crippen molar-refractivity contribution < 1.29 is 0 Å². The van der Waals surface area contributed by atoms with Crippen LogP contribution in [0.25, 0.3) is 0 Å². The Morgan fingerprint density at radius 1 is 1.30 bits per heavy atom. The van der Waals surface area contributed by atoms with Gasteiger partial charge in [-0.25, -0.2) is 0 Å². The van der Waals surface area contributed by atoms with E-state index < -0.39 is 0 Å². The summed E-state index contributed by atoms with van der Waals surface area (Å²) in [6.45, 7) is 8.44. The minimum absolute atomic E-state index is 0.417. The van der Waals surface area contributed by atoms with Gasteiger partial charge in [-0.3, -0.25) is 0 Å². The van der Waals surface area contributed by atoms with Crippen LogP contribution in [0.4, 0.5) is 0 Å². The normalized spacial score (nSPS) is 33.3. The zero-order valence-electron chi connectivity index (χ0n) is 7.59. The van der Waals surface area contributed by atoms with Crippen LogP contribution in [0.3, 0.4) is 0 Å². The van der Waals surface area contributed by atoms with E-state index in [1.54, 1.807) is 0 Å². The van der Waals surface area contributed by atoms with Gasteiger partial charge in [0.2, 0.25) is 0 Å². The van der Waals surface area contributed by atoms with Gasteiger partial charge in [0.25, 0.3) is 0 Å². The average molecular weight is 144 g/mol. The Morgan fingerprint density at radius 2 is 1.80 bits per heavy atom. The van der Waals surface area contributed by atoms with Crippen LogP contribution in [-0.4, -0.2) is 31.1 Å². The topological polar surface area (TPSA) is 29.3 Å². The molecule has 1 rings (SSSR count). The highest BCUT2D eigenvalue weighted by molar-refractivity contribution is 4.81. The Hall–Kier alpha value is -0.0800. The fourth-order valence-corrected chi connectivity index (χ4v) is 1.24. The third kappa shape index (κ3) is 2.67. The lowest BCUT2D eigenvalue weighted by atomic mass is 10.1. The molecule has 1 fully saturated rings. The van der Waals surface area contributed by atoms with Crippen molar-refractivity contribution in [3.63, 3.8) is 0 Å². The standard InChI is InChI=1S/C6H14N2.C2H6/c1-5-3-8(2)4-6(5)7;1-2/h5-6H,3-4,7H2,1-2H3;1-2H3. The van der Waals surface area contributed by atoms with Gasteiger partial charge < -0.3 is 10.6 Å². The second kappa shape index (κ2) is 4.69. The van der Waals surface area contributed by atoms with Gasteiger partial charge in [-0.05, 0) is 13.0 Å². The molecular formula is C8H20N2. The van der Waals surface area contributed by atoms with Crippen molar-refractivity contribution in [1.82, 2.24) is 4.90 Å². The van der Waals surface area contributed by atoms with Crippen LogP contribution < -0.4 is 5.73 Å². The van der Waals surface area contributed by atoms with Gasteiger partial charge in [-0.2, -0.15) is 0 Å². The summed E-state index contributed by atoms with van der Waals surface area (Å²) in [6.07, 6.45) is 0. The van der Waals surface area contributed by atoms with Crippen molar-refractivity contribution in [2.75, 3.05) is 20.1 Å². The zero-order chi connectivity index (χ0) is 8.15. The molecular weight excluding hydrogens is 124 g/mol. The summed E-state index contributed by atoms with van der Waals surface area (Å²) < 4.78 is 0. The second-order valence-corrected chi connectivity index (χ2v) is 2.86. The molecule has 2 atom stereocenters. The maximum Gasteiger partial charge on any atom is 0.0206 e. The molecule has 0 aromatic heterocycles. The fourth-order valence-electron chi connectivity index (χ4n) is 1.24. The molecule has 2 nitrogen and oxygen atoms in total. The zero-order valence-corrected chi connectivity index (χ0v) is 7.59. The summed E-state index contributed by atoms with van der Waals surface area (Å²) in [7, 11) is 2.11. The van der Waals surface area contributed by atoms with Gasteiger partial charge in [-0.15, -0.1) is 0 Å². The molecule has 0 aromatic rings. The molecule has 0 aromatic carbocycles. The van der Waals surface area contributed by atoms with E-state index in [9.17, 15) is 0 Å². The van der Waals surface area contributed by atoms with Gasteiger partial charge in [0.15, 0.2) is 0 Å². The van der Waals surface area contributed by atoms with Crippen molar-refractivity contribution in [1.29, 1.82) is 0 Å². The summed E-state index contributed by atoms with van der Waals surface area (Å²) in [5.74, 6) is 0.694. The summed E-state index contributed by atoms with van der Waals surface area (Å²) in [5.41, 5.74) is 5.73. The maximum absolute atomic E-state index is 5.73. The molecule has 0 radical (unpaired) electrons. The van der Waals surface area contributed by atoms with E-state index in [2.05, 4.69) is 18.9 Å². The molecule has 0 spiro atoms. The molecule has 0 aliphatic carbocycles. The van der Waals surface area contributed by atoms with Crippen molar-refractivity contribution >= 4 is 0 Å².